The zero-order valence-corrected chi connectivity index (χ0v) is 16.1. The molecule has 1 atom stereocenters. The van der Waals surface area contributed by atoms with Gasteiger partial charge in [-0.3, -0.25) is 0 Å². The molecule has 5 nitrogen and oxygen atoms in total. The van der Waals surface area contributed by atoms with Crippen molar-refractivity contribution in [3.8, 4) is 28.3 Å². The first-order chi connectivity index (χ1) is 13.1. The SMILES string of the molecule is CCOCC(O)Cn1cnc(-c2ccccc2)c1-c1ccc(C)cc1OC. The van der Waals surface area contributed by atoms with Crippen molar-refractivity contribution in [1.82, 2.24) is 9.55 Å². The van der Waals surface area contributed by atoms with Gasteiger partial charge >= 0.3 is 0 Å². The fraction of sp³-hybridized carbons (Fsp3) is 0.318. The lowest BCUT2D eigenvalue weighted by Crippen LogP contribution is -2.22. The molecule has 5 heteroatoms. The Balaban J connectivity index is 2.09. The number of aryl methyl sites for hydroxylation is 1. The Morgan fingerprint density at radius 1 is 1.15 bits per heavy atom. The molecule has 0 fully saturated rings. The lowest BCUT2D eigenvalue weighted by atomic mass is 10.0. The molecule has 1 N–H and O–H groups in total. The molecule has 1 heterocycles. The number of aliphatic hydroxyl groups excluding tert-OH is 1. The van der Waals surface area contributed by atoms with Gasteiger partial charge in [-0.1, -0.05) is 36.4 Å². The summed E-state index contributed by atoms with van der Waals surface area (Å²) in [5, 5.41) is 10.4. The number of hydrogen-bond donors (Lipinski definition) is 1. The second-order valence-electron chi connectivity index (χ2n) is 6.48. The molecule has 3 rings (SSSR count). The van der Waals surface area contributed by atoms with E-state index < -0.39 is 6.10 Å². The van der Waals surface area contributed by atoms with Gasteiger partial charge in [-0.15, -0.1) is 0 Å². The van der Waals surface area contributed by atoms with Crippen LogP contribution in [0.2, 0.25) is 0 Å². The molecule has 0 amide bonds. The number of aliphatic hydroxyl groups is 1. The van der Waals surface area contributed by atoms with Crippen LogP contribution in [0.1, 0.15) is 12.5 Å². The molecule has 27 heavy (non-hydrogen) atoms. The minimum absolute atomic E-state index is 0.291. The summed E-state index contributed by atoms with van der Waals surface area (Å²) in [6.07, 6.45) is 1.16. The molecule has 142 valence electrons. The highest BCUT2D eigenvalue weighted by molar-refractivity contribution is 5.82. The van der Waals surface area contributed by atoms with E-state index in [1.165, 1.54) is 0 Å². The summed E-state index contributed by atoms with van der Waals surface area (Å²) in [5.41, 5.74) is 4.88. The Bertz CT molecular complexity index is 875. The van der Waals surface area contributed by atoms with Crippen LogP contribution >= 0.6 is 0 Å². The third-order valence-electron chi connectivity index (χ3n) is 4.42. The second kappa shape index (κ2) is 8.84. The first-order valence-corrected chi connectivity index (χ1v) is 9.15. The van der Waals surface area contributed by atoms with Crippen LogP contribution in [-0.4, -0.2) is 41.1 Å². The van der Waals surface area contributed by atoms with E-state index in [1.54, 1.807) is 13.4 Å². The molecule has 0 aliphatic carbocycles. The van der Waals surface area contributed by atoms with Crippen molar-refractivity contribution in [2.24, 2.45) is 0 Å². The van der Waals surface area contributed by atoms with E-state index in [0.717, 1.165) is 33.8 Å². The molecule has 0 saturated carbocycles. The monoisotopic (exact) mass is 366 g/mol. The molecule has 0 bridgehead atoms. The van der Waals surface area contributed by atoms with Gasteiger partial charge in [-0.2, -0.15) is 0 Å². The number of aromatic nitrogens is 2. The standard InChI is InChI=1S/C22H26N2O3/c1-4-27-14-18(25)13-24-15-23-21(17-8-6-5-7-9-17)22(24)19-11-10-16(2)12-20(19)26-3/h5-12,15,18,25H,4,13-14H2,1-3H3. The van der Waals surface area contributed by atoms with Crippen LogP contribution in [0.3, 0.4) is 0 Å². The Morgan fingerprint density at radius 3 is 2.63 bits per heavy atom. The molecular weight excluding hydrogens is 340 g/mol. The normalized spacial score (nSPS) is 12.1. The quantitative estimate of drug-likeness (QED) is 0.656. The maximum atomic E-state index is 10.4. The molecule has 2 aromatic carbocycles. The van der Waals surface area contributed by atoms with Gasteiger partial charge in [0.05, 0.1) is 44.1 Å². The molecule has 1 aromatic heterocycles. The Kier molecular flexibility index (Phi) is 6.27. The average molecular weight is 366 g/mol. The van der Waals surface area contributed by atoms with E-state index in [0.29, 0.717) is 19.8 Å². The highest BCUT2D eigenvalue weighted by atomic mass is 16.5. The summed E-state index contributed by atoms with van der Waals surface area (Å²) < 4.78 is 13.0. The molecule has 0 aliphatic rings. The second-order valence-corrected chi connectivity index (χ2v) is 6.48. The summed E-state index contributed by atoms with van der Waals surface area (Å²) in [4.78, 5) is 4.65. The third-order valence-corrected chi connectivity index (χ3v) is 4.42. The molecule has 0 aliphatic heterocycles. The van der Waals surface area contributed by atoms with Crippen LogP contribution in [0.25, 0.3) is 22.5 Å². The highest BCUT2D eigenvalue weighted by Crippen LogP contribution is 2.37. The molecule has 1 unspecified atom stereocenters. The van der Waals surface area contributed by atoms with Gasteiger partial charge in [0, 0.05) is 17.7 Å². The lowest BCUT2D eigenvalue weighted by molar-refractivity contribution is 0.0337. The Labute approximate surface area is 160 Å². The van der Waals surface area contributed by atoms with E-state index in [9.17, 15) is 5.11 Å². The van der Waals surface area contributed by atoms with Gasteiger partial charge in [-0.25, -0.2) is 4.98 Å². The maximum Gasteiger partial charge on any atom is 0.128 e. The highest BCUT2D eigenvalue weighted by Gasteiger charge is 2.20. The van der Waals surface area contributed by atoms with Crippen molar-refractivity contribution in [2.45, 2.75) is 26.5 Å². The van der Waals surface area contributed by atoms with Gasteiger partial charge in [0.15, 0.2) is 0 Å². The molecule has 0 radical (unpaired) electrons. The number of methoxy groups -OCH3 is 1. The van der Waals surface area contributed by atoms with Crippen LogP contribution in [0.4, 0.5) is 0 Å². The minimum atomic E-state index is -0.613. The van der Waals surface area contributed by atoms with E-state index in [4.69, 9.17) is 9.47 Å². The summed E-state index contributed by atoms with van der Waals surface area (Å²) >= 11 is 0. The number of nitrogens with zero attached hydrogens (tertiary/aromatic N) is 2. The van der Waals surface area contributed by atoms with Crippen LogP contribution in [0, 0.1) is 6.92 Å². The van der Waals surface area contributed by atoms with E-state index in [-0.39, 0.29) is 0 Å². The van der Waals surface area contributed by atoms with Crippen molar-refractivity contribution in [1.29, 1.82) is 0 Å². The number of ether oxygens (including phenoxy) is 2. The minimum Gasteiger partial charge on any atom is -0.496 e. The predicted octanol–water partition coefficient (Wildman–Crippen LogP) is 3.93. The van der Waals surface area contributed by atoms with Gasteiger partial charge in [-0.05, 0) is 31.5 Å². The van der Waals surface area contributed by atoms with E-state index in [2.05, 4.69) is 11.1 Å². The maximum absolute atomic E-state index is 10.4. The summed E-state index contributed by atoms with van der Waals surface area (Å²) in [7, 11) is 1.67. The van der Waals surface area contributed by atoms with Crippen molar-refractivity contribution in [3.05, 3.63) is 60.4 Å². The molecule has 3 aromatic rings. The Hall–Kier alpha value is -2.63. The zero-order chi connectivity index (χ0) is 19.2. The molecular formula is C22H26N2O3. The van der Waals surface area contributed by atoms with E-state index >= 15 is 0 Å². The fourth-order valence-electron chi connectivity index (χ4n) is 3.14. The van der Waals surface area contributed by atoms with Crippen molar-refractivity contribution in [2.75, 3.05) is 20.3 Å². The van der Waals surface area contributed by atoms with Crippen molar-refractivity contribution >= 4 is 0 Å². The van der Waals surface area contributed by atoms with Gasteiger partial charge in [0.2, 0.25) is 0 Å². The Morgan fingerprint density at radius 2 is 1.93 bits per heavy atom. The summed E-state index contributed by atoms with van der Waals surface area (Å²) in [5.74, 6) is 0.785. The number of benzene rings is 2. The largest absolute Gasteiger partial charge is 0.496 e. The molecule has 0 spiro atoms. The van der Waals surface area contributed by atoms with Crippen LogP contribution in [-0.2, 0) is 11.3 Å². The van der Waals surface area contributed by atoms with Gasteiger partial charge < -0.3 is 19.1 Å². The third kappa shape index (κ3) is 4.38. The number of rotatable bonds is 8. The van der Waals surface area contributed by atoms with Gasteiger partial charge in [0.25, 0.3) is 0 Å². The van der Waals surface area contributed by atoms with Crippen LogP contribution in [0.5, 0.6) is 5.75 Å². The lowest BCUT2D eigenvalue weighted by Gasteiger charge is -2.17. The predicted molar refractivity (Wildman–Crippen MR) is 107 cm³/mol. The van der Waals surface area contributed by atoms with E-state index in [1.807, 2.05) is 60.9 Å². The van der Waals surface area contributed by atoms with Crippen molar-refractivity contribution < 1.29 is 14.6 Å². The fourth-order valence-corrected chi connectivity index (χ4v) is 3.14. The zero-order valence-electron chi connectivity index (χ0n) is 16.1. The summed E-state index contributed by atoms with van der Waals surface area (Å²) in [6, 6.07) is 16.2. The number of imidazole rings is 1. The van der Waals surface area contributed by atoms with Crippen LogP contribution < -0.4 is 4.74 Å². The smallest absolute Gasteiger partial charge is 0.128 e. The van der Waals surface area contributed by atoms with Crippen molar-refractivity contribution in [3.63, 3.8) is 0 Å². The topological polar surface area (TPSA) is 56.5 Å². The summed E-state index contributed by atoms with van der Waals surface area (Å²) in [6.45, 7) is 5.22. The first kappa shape index (κ1) is 19.1. The average Bonchev–Trinajstić information content (AvgIpc) is 3.10. The molecule has 0 saturated heterocycles. The van der Waals surface area contributed by atoms with Gasteiger partial charge in [0.1, 0.15) is 5.75 Å². The first-order valence-electron chi connectivity index (χ1n) is 9.15. The number of hydrogen-bond acceptors (Lipinski definition) is 4. The van der Waals surface area contributed by atoms with Crippen LogP contribution in [0.15, 0.2) is 54.9 Å².